The fraction of sp³-hybridized carbons (Fsp3) is 0.538. The number of aliphatic hydroxyl groups excluding tert-OH is 4. The Kier molecular flexibility index (Phi) is 4.76. The molecule has 0 heterocycles. The van der Waals surface area contributed by atoms with Crippen LogP contribution < -0.4 is 9.47 Å². The molecule has 0 aliphatic heterocycles. The zero-order chi connectivity index (χ0) is 15.8. The summed E-state index contributed by atoms with van der Waals surface area (Å²) >= 11 is 3.25. The van der Waals surface area contributed by atoms with Gasteiger partial charge >= 0.3 is 0 Å². The molecule has 1 aromatic rings. The van der Waals surface area contributed by atoms with E-state index in [1.807, 2.05) is 0 Å². The van der Waals surface area contributed by atoms with Crippen LogP contribution in [0.5, 0.6) is 11.5 Å². The lowest BCUT2D eigenvalue weighted by molar-refractivity contribution is -0.332. The van der Waals surface area contributed by atoms with Crippen molar-refractivity contribution in [1.29, 1.82) is 0 Å². The molecule has 1 aliphatic carbocycles. The van der Waals surface area contributed by atoms with Crippen molar-refractivity contribution < 1.29 is 35.0 Å². The fourth-order valence-electron chi connectivity index (χ4n) is 2.40. The van der Waals surface area contributed by atoms with Crippen molar-refractivity contribution in [3.8, 4) is 11.5 Å². The van der Waals surface area contributed by atoms with Crippen molar-refractivity contribution >= 4 is 15.9 Å². The molecule has 0 saturated heterocycles. The highest BCUT2D eigenvalue weighted by atomic mass is 79.9. The summed E-state index contributed by atoms with van der Waals surface area (Å²) in [4.78, 5) is 0. The number of halogens is 1. The van der Waals surface area contributed by atoms with Crippen LogP contribution in [0.25, 0.3) is 0 Å². The van der Waals surface area contributed by atoms with Crippen LogP contribution in [-0.4, -0.2) is 63.3 Å². The van der Waals surface area contributed by atoms with E-state index in [4.69, 9.17) is 14.6 Å². The third-order valence-corrected chi connectivity index (χ3v) is 4.25. The zero-order valence-electron chi connectivity index (χ0n) is 11.2. The molecule has 2 rings (SSSR count). The second kappa shape index (κ2) is 6.07. The molecule has 5 N–H and O–H groups in total. The van der Waals surface area contributed by atoms with Gasteiger partial charge in [0.2, 0.25) is 6.29 Å². The second-order valence-electron chi connectivity index (χ2n) is 4.88. The van der Waals surface area contributed by atoms with Crippen LogP contribution >= 0.6 is 15.9 Å². The van der Waals surface area contributed by atoms with Gasteiger partial charge in [0, 0.05) is 10.4 Å². The van der Waals surface area contributed by atoms with Gasteiger partial charge in [0.15, 0.2) is 17.1 Å². The van der Waals surface area contributed by atoms with E-state index in [1.165, 1.54) is 13.2 Å². The van der Waals surface area contributed by atoms with Crippen molar-refractivity contribution in [1.82, 2.24) is 0 Å². The number of aliphatic hydroxyl groups is 5. The van der Waals surface area contributed by atoms with Gasteiger partial charge in [-0.1, -0.05) is 15.9 Å². The molecule has 0 spiro atoms. The molecule has 5 unspecified atom stereocenters. The lowest BCUT2D eigenvalue weighted by atomic mass is 9.64. The SMILES string of the molecule is COc1cc(Br)ccc1OC(O)C1(O)C(O)C(O)C1CO. The van der Waals surface area contributed by atoms with Crippen molar-refractivity contribution in [2.24, 2.45) is 5.92 Å². The van der Waals surface area contributed by atoms with Gasteiger partial charge in [0.25, 0.3) is 0 Å². The minimum absolute atomic E-state index is 0.145. The van der Waals surface area contributed by atoms with Crippen LogP contribution in [0.1, 0.15) is 0 Å². The van der Waals surface area contributed by atoms with E-state index in [9.17, 15) is 20.4 Å². The van der Waals surface area contributed by atoms with E-state index >= 15 is 0 Å². The normalized spacial score (nSPS) is 33.2. The molecular weight excluding hydrogens is 348 g/mol. The highest BCUT2D eigenvalue weighted by Gasteiger charge is 2.65. The Morgan fingerprint density at radius 2 is 2.00 bits per heavy atom. The quantitative estimate of drug-likeness (QED) is 0.435. The highest BCUT2D eigenvalue weighted by molar-refractivity contribution is 9.10. The summed E-state index contributed by atoms with van der Waals surface area (Å²) < 4.78 is 11.0. The van der Waals surface area contributed by atoms with Crippen molar-refractivity contribution in [2.45, 2.75) is 24.1 Å². The highest BCUT2D eigenvalue weighted by Crippen LogP contribution is 2.43. The van der Waals surface area contributed by atoms with E-state index in [-0.39, 0.29) is 5.75 Å². The number of methoxy groups -OCH3 is 1. The van der Waals surface area contributed by atoms with Crippen LogP contribution in [0, 0.1) is 5.92 Å². The van der Waals surface area contributed by atoms with Gasteiger partial charge in [-0.3, -0.25) is 0 Å². The first-order valence-corrected chi connectivity index (χ1v) is 7.03. The topological polar surface area (TPSA) is 120 Å². The number of ether oxygens (including phenoxy) is 2. The Balaban J connectivity index is 2.20. The Hall–Kier alpha value is -0.900. The van der Waals surface area contributed by atoms with Gasteiger partial charge in [-0.25, -0.2) is 0 Å². The van der Waals surface area contributed by atoms with E-state index in [2.05, 4.69) is 15.9 Å². The molecule has 7 nitrogen and oxygen atoms in total. The first-order chi connectivity index (χ1) is 9.86. The lowest BCUT2D eigenvalue weighted by Gasteiger charge is -2.53. The number of benzene rings is 1. The van der Waals surface area contributed by atoms with Gasteiger partial charge < -0.3 is 35.0 Å². The molecule has 8 heteroatoms. The molecule has 0 aromatic heterocycles. The summed E-state index contributed by atoms with van der Waals surface area (Å²) in [6.07, 6.45) is -4.79. The maximum Gasteiger partial charge on any atom is 0.229 e. The predicted octanol–water partition coefficient (Wildman–Crippen LogP) is -0.770. The third-order valence-electron chi connectivity index (χ3n) is 3.76. The van der Waals surface area contributed by atoms with E-state index in [1.54, 1.807) is 12.1 Å². The molecule has 0 amide bonds. The smallest absolute Gasteiger partial charge is 0.229 e. The predicted molar refractivity (Wildman–Crippen MR) is 74.9 cm³/mol. The van der Waals surface area contributed by atoms with Crippen molar-refractivity contribution in [2.75, 3.05) is 13.7 Å². The summed E-state index contributed by atoms with van der Waals surface area (Å²) in [6.45, 7) is -0.605. The second-order valence-corrected chi connectivity index (χ2v) is 5.79. The Bertz CT molecular complexity index is 511. The molecule has 1 aromatic carbocycles. The monoisotopic (exact) mass is 364 g/mol. The van der Waals surface area contributed by atoms with E-state index in [0.29, 0.717) is 5.75 Å². The van der Waals surface area contributed by atoms with Crippen LogP contribution in [0.4, 0.5) is 0 Å². The summed E-state index contributed by atoms with van der Waals surface area (Å²) in [7, 11) is 1.41. The molecule has 1 saturated carbocycles. The Morgan fingerprint density at radius 1 is 1.33 bits per heavy atom. The van der Waals surface area contributed by atoms with Gasteiger partial charge in [-0.15, -0.1) is 0 Å². The average Bonchev–Trinajstić information content (AvgIpc) is 2.48. The number of hydrogen-bond donors (Lipinski definition) is 5. The molecule has 1 aliphatic rings. The van der Waals surface area contributed by atoms with Crippen LogP contribution in [0.2, 0.25) is 0 Å². The van der Waals surface area contributed by atoms with Crippen LogP contribution in [0.3, 0.4) is 0 Å². The van der Waals surface area contributed by atoms with Crippen LogP contribution in [-0.2, 0) is 0 Å². The van der Waals surface area contributed by atoms with Gasteiger partial charge in [-0.2, -0.15) is 0 Å². The van der Waals surface area contributed by atoms with Gasteiger partial charge in [0.05, 0.1) is 19.8 Å². The summed E-state index contributed by atoms with van der Waals surface area (Å²) in [5.41, 5.74) is -2.16. The zero-order valence-corrected chi connectivity index (χ0v) is 12.8. The van der Waals surface area contributed by atoms with Gasteiger partial charge in [0.1, 0.15) is 6.10 Å². The summed E-state index contributed by atoms with van der Waals surface area (Å²) in [6, 6.07) is 4.75. The van der Waals surface area contributed by atoms with E-state index < -0.39 is 36.6 Å². The maximum absolute atomic E-state index is 10.3. The maximum atomic E-state index is 10.3. The van der Waals surface area contributed by atoms with Gasteiger partial charge in [-0.05, 0) is 18.2 Å². The summed E-state index contributed by atoms with van der Waals surface area (Å²) in [5, 5.41) is 48.6. The standard InChI is InChI=1S/C13H17BrO7/c1-20-9-4-6(14)2-3-8(9)21-12(18)13(19)7(5-15)10(16)11(13)17/h2-4,7,10-12,15-19H,5H2,1H3. The largest absolute Gasteiger partial charge is 0.493 e. The minimum atomic E-state index is -2.16. The van der Waals surface area contributed by atoms with Crippen molar-refractivity contribution in [3.63, 3.8) is 0 Å². The molecule has 1 fully saturated rings. The first-order valence-electron chi connectivity index (χ1n) is 6.23. The third kappa shape index (κ3) is 2.63. The lowest BCUT2D eigenvalue weighted by Crippen LogP contribution is -2.76. The minimum Gasteiger partial charge on any atom is -0.493 e. The Morgan fingerprint density at radius 3 is 2.57 bits per heavy atom. The first kappa shape index (κ1) is 16.5. The fourth-order valence-corrected chi connectivity index (χ4v) is 2.74. The average molecular weight is 365 g/mol. The molecule has 0 bridgehead atoms. The molecular formula is C13H17BrO7. The molecule has 21 heavy (non-hydrogen) atoms. The number of rotatable bonds is 5. The van der Waals surface area contributed by atoms with Crippen LogP contribution in [0.15, 0.2) is 22.7 Å². The molecule has 5 atom stereocenters. The Labute approximate surface area is 129 Å². The van der Waals surface area contributed by atoms with E-state index in [0.717, 1.165) is 4.47 Å². The molecule has 118 valence electrons. The molecule has 0 radical (unpaired) electrons. The number of hydrogen-bond acceptors (Lipinski definition) is 7. The van der Waals surface area contributed by atoms with Crippen molar-refractivity contribution in [3.05, 3.63) is 22.7 Å². The summed E-state index contributed by atoms with van der Waals surface area (Å²) in [5.74, 6) is -0.655.